The van der Waals surface area contributed by atoms with Crippen LogP contribution in [-0.2, 0) is 9.84 Å². The lowest BCUT2D eigenvalue weighted by molar-refractivity contribution is 0.230. The first-order valence-electron chi connectivity index (χ1n) is 4.81. The van der Waals surface area contributed by atoms with E-state index in [1.165, 1.54) is 4.90 Å². The van der Waals surface area contributed by atoms with Gasteiger partial charge in [-0.3, -0.25) is 5.32 Å². The summed E-state index contributed by atoms with van der Waals surface area (Å²) in [4.78, 5) is 12.6. The number of urea groups is 1. The van der Waals surface area contributed by atoms with E-state index in [-0.39, 0.29) is 15.5 Å². The molecule has 17 heavy (non-hydrogen) atoms. The first-order chi connectivity index (χ1) is 7.75. The molecule has 0 saturated carbocycles. The van der Waals surface area contributed by atoms with Gasteiger partial charge in [0.2, 0.25) is 19.3 Å². The lowest BCUT2D eigenvalue weighted by Gasteiger charge is -2.08. The molecule has 0 saturated heterocycles. The lowest BCUT2D eigenvalue weighted by Crippen LogP contribution is -2.27. The summed E-state index contributed by atoms with van der Waals surface area (Å²) >= 11 is 0.845. The molecule has 1 N–H and O–H groups in total. The molecule has 0 unspecified atom stereocenters. The number of amides is 2. The monoisotopic (exact) mass is 278 g/mol. The van der Waals surface area contributed by atoms with Crippen LogP contribution in [0.1, 0.15) is 13.8 Å². The zero-order valence-electron chi connectivity index (χ0n) is 9.96. The average molecular weight is 278 g/mol. The second-order valence-electron chi connectivity index (χ2n) is 3.79. The van der Waals surface area contributed by atoms with Crippen LogP contribution in [0.4, 0.5) is 9.93 Å². The van der Waals surface area contributed by atoms with Crippen LogP contribution in [0.3, 0.4) is 0 Å². The Bertz CT molecular complexity index is 507. The van der Waals surface area contributed by atoms with E-state index in [9.17, 15) is 13.2 Å². The highest BCUT2D eigenvalue weighted by Crippen LogP contribution is 2.23. The normalized spacial score (nSPS) is 11.6. The highest BCUT2D eigenvalue weighted by Gasteiger charge is 2.24. The fraction of sp³-hybridized carbons (Fsp3) is 0.625. The molecule has 1 aromatic rings. The molecule has 96 valence electrons. The second-order valence-corrected chi connectivity index (χ2v) is 7.45. The molecule has 0 bridgehead atoms. The minimum absolute atomic E-state index is 0.0819. The summed E-state index contributed by atoms with van der Waals surface area (Å²) in [6, 6.07) is -0.380. The van der Waals surface area contributed by atoms with Gasteiger partial charge in [-0.15, -0.1) is 10.2 Å². The molecule has 0 fully saturated rings. The van der Waals surface area contributed by atoms with Crippen LogP contribution in [-0.4, -0.2) is 48.9 Å². The summed E-state index contributed by atoms with van der Waals surface area (Å²) in [7, 11) is -0.289. The summed E-state index contributed by atoms with van der Waals surface area (Å²) in [5.41, 5.74) is 0. The molecule has 0 radical (unpaired) electrons. The fourth-order valence-electron chi connectivity index (χ4n) is 0.780. The van der Waals surface area contributed by atoms with Crippen molar-refractivity contribution in [3.05, 3.63) is 0 Å². The number of hydrogen-bond acceptors (Lipinski definition) is 6. The second kappa shape index (κ2) is 4.96. The highest BCUT2D eigenvalue weighted by atomic mass is 32.2. The number of sulfone groups is 1. The molecule has 7 nitrogen and oxygen atoms in total. The van der Waals surface area contributed by atoms with Crippen LogP contribution in [0.25, 0.3) is 0 Å². The smallest absolute Gasteiger partial charge is 0.323 e. The summed E-state index contributed by atoms with van der Waals surface area (Å²) in [5, 5.41) is 9.23. The Morgan fingerprint density at radius 1 is 1.35 bits per heavy atom. The van der Waals surface area contributed by atoms with Gasteiger partial charge in [0.1, 0.15) is 0 Å². The number of hydrogen-bond donors (Lipinski definition) is 1. The number of nitrogens with zero attached hydrogens (tertiary/aromatic N) is 3. The van der Waals surface area contributed by atoms with Crippen molar-refractivity contribution in [3.8, 4) is 0 Å². The standard InChI is InChI=1S/C8H14N4O3S2/c1-5(2)17(14,15)8-11-10-6(16-8)9-7(13)12(3)4/h5H,1-4H3,(H,9,10,13). The average Bonchev–Trinajstić information content (AvgIpc) is 2.66. The number of aromatic nitrogens is 2. The zero-order chi connectivity index (χ0) is 13.2. The number of anilines is 1. The molecule has 0 spiro atoms. The van der Waals surface area contributed by atoms with Crippen molar-refractivity contribution >= 4 is 32.3 Å². The van der Waals surface area contributed by atoms with Crippen molar-refractivity contribution < 1.29 is 13.2 Å². The number of rotatable bonds is 3. The Morgan fingerprint density at radius 3 is 2.41 bits per heavy atom. The van der Waals surface area contributed by atoms with Crippen molar-refractivity contribution in [3.63, 3.8) is 0 Å². The molecule has 0 aliphatic heterocycles. The maximum absolute atomic E-state index is 11.7. The van der Waals surface area contributed by atoms with Crippen molar-refractivity contribution in [1.82, 2.24) is 15.1 Å². The SMILES string of the molecule is CC(C)S(=O)(=O)c1nnc(NC(=O)N(C)C)s1. The summed E-state index contributed by atoms with van der Waals surface area (Å²) in [6.07, 6.45) is 0. The van der Waals surface area contributed by atoms with E-state index in [4.69, 9.17) is 0 Å². The van der Waals surface area contributed by atoms with E-state index in [0.29, 0.717) is 0 Å². The Morgan fingerprint density at radius 2 is 1.94 bits per heavy atom. The van der Waals surface area contributed by atoms with Gasteiger partial charge in [-0.05, 0) is 13.8 Å². The van der Waals surface area contributed by atoms with E-state index in [1.807, 2.05) is 0 Å². The van der Waals surface area contributed by atoms with Gasteiger partial charge in [0, 0.05) is 14.1 Å². The predicted molar refractivity (Wildman–Crippen MR) is 64.9 cm³/mol. The molecule has 1 rings (SSSR count). The number of nitrogens with one attached hydrogen (secondary N) is 1. The Balaban J connectivity index is 2.90. The van der Waals surface area contributed by atoms with Crippen LogP contribution in [0.5, 0.6) is 0 Å². The van der Waals surface area contributed by atoms with Crippen molar-refractivity contribution in [2.24, 2.45) is 0 Å². The van der Waals surface area contributed by atoms with Crippen LogP contribution in [0, 0.1) is 0 Å². The molecule has 1 heterocycles. The number of carbonyl (C=O) groups excluding carboxylic acids is 1. The summed E-state index contributed by atoms with van der Waals surface area (Å²) < 4.78 is 23.4. The van der Waals surface area contributed by atoms with Gasteiger partial charge in [-0.25, -0.2) is 13.2 Å². The molecule has 0 aliphatic rings. The molecule has 0 aliphatic carbocycles. The Labute approximate surface area is 104 Å². The topological polar surface area (TPSA) is 92.3 Å². The van der Waals surface area contributed by atoms with Crippen LogP contribution < -0.4 is 5.32 Å². The third kappa shape index (κ3) is 3.13. The molecular weight excluding hydrogens is 264 g/mol. The van der Waals surface area contributed by atoms with Crippen molar-refractivity contribution in [2.75, 3.05) is 19.4 Å². The van der Waals surface area contributed by atoms with Gasteiger partial charge < -0.3 is 4.90 Å². The summed E-state index contributed by atoms with van der Waals surface area (Å²) in [5.74, 6) is 0. The molecule has 2 amide bonds. The third-order valence-corrected chi connectivity index (χ3v) is 5.28. The molecule has 0 aromatic carbocycles. The zero-order valence-corrected chi connectivity index (χ0v) is 11.6. The largest absolute Gasteiger partial charge is 0.331 e. The predicted octanol–water partition coefficient (Wildman–Crippen LogP) is 0.814. The summed E-state index contributed by atoms with van der Waals surface area (Å²) in [6.45, 7) is 3.13. The Kier molecular flexibility index (Phi) is 4.04. The first kappa shape index (κ1) is 13.8. The van der Waals surface area contributed by atoms with Crippen LogP contribution >= 0.6 is 11.3 Å². The maximum Gasteiger partial charge on any atom is 0.323 e. The Hall–Kier alpha value is -1.22. The molecule has 1 aromatic heterocycles. The number of carbonyl (C=O) groups is 1. The first-order valence-corrected chi connectivity index (χ1v) is 7.17. The van der Waals surface area contributed by atoms with Crippen LogP contribution in [0.2, 0.25) is 0 Å². The molecule has 9 heteroatoms. The maximum atomic E-state index is 11.7. The highest BCUT2D eigenvalue weighted by molar-refractivity contribution is 7.93. The van der Waals surface area contributed by atoms with Gasteiger partial charge >= 0.3 is 6.03 Å². The van der Waals surface area contributed by atoms with E-state index in [1.54, 1.807) is 27.9 Å². The van der Waals surface area contributed by atoms with Crippen molar-refractivity contribution in [2.45, 2.75) is 23.4 Å². The van der Waals surface area contributed by atoms with Gasteiger partial charge in [0.15, 0.2) is 0 Å². The van der Waals surface area contributed by atoms with Gasteiger partial charge in [0.05, 0.1) is 5.25 Å². The van der Waals surface area contributed by atoms with Gasteiger partial charge in [-0.2, -0.15) is 0 Å². The van der Waals surface area contributed by atoms with Gasteiger partial charge in [-0.1, -0.05) is 11.3 Å². The lowest BCUT2D eigenvalue weighted by atomic mass is 10.6. The minimum atomic E-state index is -3.43. The minimum Gasteiger partial charge on any atom is -0.331 e. The van der Waals surface area contributed by atoms with Gasteiger partial charge in [0.25, 0.3) is 0 Å². The van der Waals surface area contributed by atoms with E-state index < -0.39 is 15.1 Å². The third-order valence-electron chi connectivity index (χ3n) is 1.89. The van der Waals surface area contributed by atoms with Crippen molar-refractivity contribution in [1.29, 1.82) is 0 Å². The van der Waals surface area contributed by atoms with E-state index in [2.05, 4.69) is 15.5 Å². The quantitative estimate of drug-likeness (QED) is 0.826. The fourth-order valence-corrected chi connectivity index (χ4v) is 3.08. The molecular formula is C8H14N4O3S2. The van der Waals surface area contributed by atoms with E-state index >= 15 is 0 Å². The molecule has 0 atom stereocenters. The van der Waals surface area contributed by atoms with Crippen LogP contribution in [0.15, 0.2) is 4.34 Å². The van der Waals surface area contributed by atoms with E-state index in [0.717, 1.165) is 11.3 Å².